The summed E-state index contributed by atoms with van der Waals surface area (Å²) in [7, 11) is 4.29. The molecular weight excluding hydrogens is 394 g/mol. The number of halogens is 1. The molecule has 4 nitrogen and oxygen atoms in total. The smallest absolute Gasteiger partial charge is 0.150 e. The van der Waals surface area contributed by atoms with Gasteiger partial charge in [-0.05, 0) is 68.0 Å². The molecule has 0 aliphatic carbocycles. The van der Waals surface area contributed by atoms with Crippen molar-refractivity contribution in [3.05, 3.63) is 83.4 Å². The van der Waals surface area contributed by atoms with E-state index in [1.54, 1.807) is 0 Å². The summed E-state index contributed by atoms with van der Waals surface area (Å²) < 4.78 is 0. The molecule has 0 saturated carbocycles. The molecule has 0 radical (unpaired) electrons. The Morgan fingerprint density at radius 3 is 2.10 bits per heavy atom. The lowest BCUT2D eigenvalue weighted by molar-refractivity contribution is 0.208. The molecule has 5 heteroatoms. The lowest BCUT2D eigenvalue weighted by atomic mass is 10.0. The van der Waals surface area contributed by atoms with E-state index in [-0.39, 0.29) is 0 Å². The quantitative estimate of drug-likeness (QED) is 0.533. The van der Waals surface area contributed by atoms with Gasteiger partial charge in [0.2, 0.25) is 0 Å². The molecule has 1 fully saturated rings. The van der Waals surface area contributed by atoms with Gasteiger partial charge in [-0.1, -0.05) is 48.0 Å². The molecule has 3 aromatic rings. The van der Waals surface area contributed by atoms with Crippen molar-refractivity contribution in [3.63, 3.8) is 0 Å². The number of aliphatic hydroxyl groups is 1. The number of benzene rings is 3. The largest absolute Gasteiger partial charge is 0.370 e. The van der Waals surface area contributed by atoms with Gasteiger partial charge in [0.25, 0.3) is 0 Å². The number of nitrogens with zero attached hydrogens (tertiary/aromatic N) is 2. The zero-order valence-electron chi connectivity index (χ0n) is 17.4. The molecule has 30 heavy (non-hydrogen) atoms. The Balaban J connectivity index is 1.38. The predicted molar refractivity (Wildman–Crippen MR) is 126 cm³/mol. The van der Waals surface area contributed by atoms with Crippen LogP contribution in [0.15, 0.2) is 72.8 Å². The third kappa shape index (κ3) is 4.78. The second-order valence-electron chi connectivity index (χ2n) is 8.07. The van der Waals surface area contributed by atoms with Gasteiger partial charge in [-0.2, -0.15) is 0 Å². The number of nitrogens with one attached hydrogen (secondary N) is 1. The highest BCUT2D eigenvalue weighted by Crippen LogP contribution is 2.27. The molecule has 2 atom stereocenters. The zero-order chi connectivity index (χ0) is 21.1. The van der Waals surface area contributed by atoms with Crippen LogP contribution in [0, 0.1) is 0 Å². The second kappa shape index (κ2) is 9.09. The molecule has 3 aromatic carbocycles. The third-order valence-electron chi connectivity index (χ3n) is 5.83. The first-order valence-electron chi connectivity index (χ1n) is 10.3. The fraction of sp³-hybridized carbons (Fsp3) is 0.280. The highest BCUT2D eigenvalue weighted by Gasteiger charge is 2.23. The van der Waals surface area contributed by atoms with Crippen LogP contribution in [0.3, 0.4) is 0 Å². The molecule has 0 amide bonds. The molecule has 1 aliphatic heterocycles. The maximum atomic E-state index is 10.6. The van der Waals surface area contributed by atoms with E-state index in [9.17, 15) is 5.11 Å². The summed E-state index contributed by atoms with van der Waals surface area (Å²) in [6.07, 6.45) is 0.428. The molecular formula is C25H28ClN3O. The summed E-state index contributed by atoms with van der Waals surface area (Å²) in [5, 5.41) is 14.5. The number of likely N-dealkylation sites (N-methyl/N-ethyl adjacent to an activating group) is 1. The average molecular weight is 422 g/mol. The van der Waals surface area contributed by atoms with Gasteiger partial charge < -0.3 is 20.2 Å². The minimum Gasteiger partial charge on any atom is -0.370 e. The van der Waals surface area contributed by atoms with Crippen LogP contribution in [0.2, 0.25) is 5.02 Å². The van der Waals surface area contributed by atoms with E-state index in [1.807, 2.05) is 60.7 Å². The molecule has 4 rings (SSSR count). The van der Waals surface area contributed by atoms with Crippen LogP contribution in [-0.4, -0.2) is 43.2 Å². The molecule has 156 valence electrons. The summed E-state index contributed by atoms with van der Waals surface area (Å²) in [5.74, 6) is 0. The Morgan fingerprint density at radius 2 is 1.53 bits per heavy atom. The summed E-state index contributed by atoms with van der Waals surface area (Å²) in [4.78, 5) is 4.71. The van der Waals surface area contributed by atoms with Gasteiger partial charge in [0, 0.05) is 41.1 Å². The van der Waals surface area contributed by atoms with Gasteiger partial charge in [-0.3, -0.25) is 0 Å². The zero-order valence-corrected chi connectivity index (χ0v) is 18.2. The molecule has 2 unspecified atom stereocenters. The van der Waals surface area contributed by atoms with Crippen molar-refractivity contribution < 1.29 is 5.11 Å². The average Bonchev–Trinajstić information content (AvgIpc) is 3.26. The maximum absolute atomic E-state index is 10.6. The molecule has 1 aliphatic rings. The Morgan fingerprint density at radius 1 is 0.933 bits per heavy atom. The van der Waals surface area contributed by atoms with Crippen molar-refractivity contribution in [1.82, 2.24) is 4.90 Å². The summed E-state index contributed by atoms with van der Waals surface area (Å²) in [5.41, 5.74) is 5.14. The fourth-order valence-electron chi connectivity index (χ4n) is 3.91. The van der Waals surface area contributed by atoms with Crippen LogP contribution in [-0.2, 0) is 0 Å². The molecule has 0 bridgehead atoms. The Kier molecular flexibility index (Phi) is 6.28. The van der Waals surface area contributed by atoms with E-state index < -0.39 is 6.23 Å². The van der Waals surface area contributed by atoms with E-state index in [4.69, 9.17) is 11.6 Å². The van der Waals surface area contributed by atoms with Gasteiger partial charge >= 0.3 is 0 Å². The van der Waals surface area contributed by atoms with Crippen molar-refractivity contribution in [1.29, 1.82) is 0 Å². The Hall–Kier alpha value is -2.53. The van der Waals surface area contributed by atoms with Crippen LogP contribution < -0.4 is 10.2 Å². The number of anilines is 2. The second-order valence-corrected chi connectivity index (χ2v) is 8.51. The van der Waals surface area contributed by atoms with E-state index in [0.29, 0.717) is 6.04 Å². The Bertz CT molecular complexity index is 955. The van der Waals surface area contributed by atoms with Crippen LogP contribution in [0.25, 0.3) is 11.1 Å². The first-order chi connectivity index (χ1) is 14.5. The molecule has 1 heterocycles. The number of hydrogen-bond donors (Lipinski definition) is 2. The van der Waals surface area contributed by atoms with Gasteiger partial charge in [-0.25, -0.2) is 0 Å². The van der Waals surface area contributed by atoms with Gasteiger partial charge in [0.05, 0.1) is 0 Å². The minimum atomic E-state index is -0.764. The van der Waals surface area contributed by atoms with E-state index in [1.165, 1.54) is 12.1 Å². The van der Waals surface area contributed by atoms with Crippen LogP contribution in [0.5, 0.6) is 0 Å². The van der Waals surface area contributed by atoms with Crippen molar-refractivity contribution in [2.24, 2.45) is 0 Å². The Labute approximate surface area is 183 Å². The van der Waals surface area contributed by atoms with Crippen LogP contribution in [0.1, 0.15) is 18.2 Å². The standard InChI is InChI=1S/C25H28ClN3O/c1-28(2)24-15-16-29(17-24)23-13-11-22(12-14-23)27-25(30)20-5-3-18(4-6-20)19-7-9-21(26)10-8-19/h3-14,24-25,27,30H,15-17H2,1-2H3. The summed E-state index contributed by atoms with van der Waals surface area (Å²) >= 11 is 5.96. The fourth-order valence-corrected chi connectivity index (χ4v) is 4.03. The van der Waals surface area contributed by atoms with Crippen molar-refractivity contribution in [3.8, 4) is 11.1 Å². The number of rotatable bonds is 6. The predicted octanol–water partition coefficient (Wildman–Crippen LogP) is 5.25. The topological polar surface area (TPSA) is 38.7 Å². The lowest BCUT2D eigenvalue weighted by Gasteiger charge is -2.22. The normalized spacial score (nSPS) is 17.4. The van der Waals surface area contributed by atoms with Gasteiger partial charge in [-0.15, -0.1) is 0 Å². The monoisotopic (exact) mass is 421 g/mol. The van der Waals surface area contributed by atoms with E-state index in [2.05, 4.69) is 41.3 Å². The van der Waals surface area contributed by atoms with Crippen molar-refractivity contribution >= 4 is 23.0 Å². The van der Waals surface area contributed by atoms with Gasteiger partial charge in [0.1, 0.15) is 0 Å². The van der Waals surface area contributed by atoms with Crippen molar-refractivity contribution in [2.45, 2.75) is 18.7 Å². The number of hydrogen-bond acceptors (Lipinski definition) is 4. The highest BCUT2D eigenvalue weighted by molar-refractivity contribution is 6.30. The maximum Gasteiger partial charge on any atom is 0.150 e. The van der Waals surface area contributed by atoms with E-state index in [0.717, 1.165) is 40.5 Å². The van der Waals surface area contributed by atoms with Crippen LogP contribution >= 0.6 is 11.6 Å². The third-order valence-corrected chi connectivity index (χ3v) is 6.09. The highest BCUT2D eigenvalue weighted by atomic mass is 35.5. The molecule has 2 N–H and O–H groups in total. The minimum absolute atomic E-state index is 0.612. The summed E-state index contributed by atoms with van der Waals surface area (Å²) in [6, 6.07) is 24.6. The lowest BCUT2D eigenvalue weighted by Crippen LogP contribution is -2.31. The molecule has 0 aromatic heterocycles. The van der Waals surface area contributed by atoms with Crippen LogP contribution in [0.4, 0.5) is 11.4 Å². The first kappa shape index (κ1) is 20.7. The molecule has 0 spiro atoms. The van der Waals surface area contributed by atoms with E-state index >= 15 is 0 Å². The van der Waals surface area contributed by atoms with Gasteiger partial charge in [0.15, 0.2) is 6.23 Å². The summed E-state index contributed by atoms with van der Waals surface area (Å²) in [6.45, 7) is 2.14. The molecule has 1 saturated heterocycles. The SMILES string of the molecule is CN(C)C1CCN(c2ccc(NC(O)c3ccc(-c4ccc(Cl)cc4)cc3)cc2)C1. The first-order valence-corrected chi connectivity index (χ1v) is 10.7. The number of aliphatic hydroxyl groups excluding tert-OH is 1. The van der Waals surface area contributed by atoms with Crippen molar-refractivity contribution in [2.75, 3.05) is 37.4 Å².